The third-order valence-corrected chi connectivity index (χ3v) is 3.29. The summed E-state index contributed by atoms with van der Waals surface area (Å²) in [6.07, 6.45) is 3.75. The largest absolute Gasteiger partial charge is 0.493 e. The molecule has 0 saturated heterocycles. The van der Waals surface area contributed by atoms with Crippen LogP contribution in [0.25, 0.3) is 0 Å². The minimum Gasteiger partial charge on any atom is -0.493 e. The third-order valence-electron chi connectivity index (χ3n) is 2.77. The lowest BCUT2D eigenvalue weighted by atomic mass is 10.3. The van der Waals surface area contributed by atoms with Crippen molar-refractivity contribution >= 4 is 21.8 Å². The highest BCUT2D eigenvalue weighted by molar-refractivity contribution is 9.10. The molecule has 0 spiro atoms. The SMILES string of the molecule is CN(Cc1ncc[nH]1)C(=O)CCOc1ccc(Br)cc1. The Morgan fingerprint density at radius 1 is 1.40 bits per heavy atom. The van der Waals surface area contributed by atoms with E-state index in [1.807, 2.05) is 24.3 Å². The van der Waals surface area contributed by atoms with Gasteiger partial charge in [-0.15, -0.1) is 0 Å². The standard InChI is InChI=1S/C14H16BrN3O2/c1-18(10-13-16-7-8-17-13)14(19)6-9-20-12-4-2-11(15)3-5-12/h2-5,7-8H,6,9-10H2,1H3,(H,16,17). The van der Waals surface area contributed by atoms with Crippen molar-refractivity contribution in [1.29, 1.82) is 0 Å². The summed E-state index contributed by atoms with van der Waals surface area (Å²) < 4.78 is 6.52. The summed E-state index contributed by atoms with van der Waals surface area (Å²) in [4.78, 5) is 20.6. The van der Waals surface area contributed by atoms with Crippen molar-refractivity contribution in [2.45, 2.75) is 13.0 Å². The molecule has 1 N–H and O–H groups in total. The fourth-order valence-corrected chi connectivity index (χ4v) is 1.94. The van der Waals surface area contributed by atoms with Gasteiger partial charge in [-0.25, -0.2) is 4.98 Å². The molecule has 106 valence electrons. The average Bonchev–Trinajstić information content (AvgIpc) is 2.93. The van der Waals surface area contributed by atoms with Crippen molar-refractivity contribution in [1.82, 2.24) is 14.9 Å². The van der Waals surface area contributed by atoms with Crippen LogP contribution in [-0.4, -0.2) is 34.4 Å². The predicted molar refractivity (Wildman–Crippen MR) is 79.3 cm³/mol. The van der Waals surface area contributed by atoms with E-state index in [1.165, 1.54) is 0 Å². The second kappa shape index (κ2) is 7.09. The van der Waals surface area contributed by atoms with Gasteiger partial charge >= 0.3 is 0 Å². The second-order valence-corrected chi connectivity index (χ2v) is 5.25. The molecule has 0 saturated carbocycles. The fourth-order valence-electron chi connectivity index (χ4n) is 1.68. The van der Waals surface area contributed by atoms with Gasteiger partial charge in [-0.1, -0.05) is 15.9 Å². The summed E-state index contributed by atoms with van der Waals surface area (Å²) in [7, 11) is 1.75. The van der Waals surface area contributed by atoms with Crippen molar-refractivity contribution in [3.8, 4) is 5.75 Å². The van der Waals surface area contributed by atoms with Gasteiger partial charge in [0.25, 0.3) is 0 Å². The first-order valence-electron chi connectivity index (χ1n) is 6.26. The van der Waals surface area contributed by atoms with Crippen molar-refractivity contribution in [2.24, 2.45) is 0 Å². The molecule has 1 aromatic heterocycles. The van der Waals surface area contributed by atoms with E-state index in [0.717, 1.165) is 16.0 Å². The minimum absolute atomic E-state index is 0.0264. The summed E-state index contributed by atoms with van der Waals surface area (Å²) in [5.74, 6) is 1.56. The number of hydrogen-bond acceptors (Lipinski definition) is 3. The highest BCUT2D eigenvalue weighted by Gasteiger charge is 2.10. The first-order chi connectivity index (χ1) is 9.65. The Hall–Kier alpha value is -1.82. The van der Waals surface area contributed by atoms with E-state index in [-0.39, 0.29) is 5.91 Å². The molecule has 0 atom stereocenters. The number of rotatable bonds is 6. The van der Waals surface area contributed by atoms with Crippen molar-refractivity contribution in [3.05, 3.63) is 47.0 Å². The number of aromatic amines is 1. The number of imidazole rings is 1. The molecular formula is C14H16BrN3O2. The van der Waals surface area contributed by atoms with Crippen LogP contribution in [0.3, 0.4) is 0 Å². The lowest BCUT2D eigenvalue weighted by molar-refractivity contribution is -0.131. The van der Waals surface area contributed by atoms with Crippen LogP contribution in [-0.2, 0) is 11.3 Å². The molecule has 0 aliphatic rings. The van der Waals surface area contributed by atoms with Gasteiger partial charge in [0.05, 0.1) is 19.6 Å². The molecule has 5 nitrogen and oxygen atoms in total. The Morgan fingerprint density at radius 3 is 2.80 bits per heavy atom. The number of carbonyl (C=O) groups excluding carboxylic acids is 1. The number of amides is 1. The molecule has 1 amide bonds. The fraction of sp³-hybridized carbons (Fsp3) is 0.286. The normalized spacial score (nSPS) is 10.3. The molecular weight excluding hydrogens is 322 g/mol. The van der Waals surface area contributed by atoms with Gasteiger partial charge in [0, 0.05) is 23.9 Å². The quantitative estimate of drug-likeness (QED) is 0.881. The van der Waals surface area contributed by atoms with Crippen molar-refractivity contribution in [2.75, 3.05) is 13.7 Å². The molecule has 0 bridgehead atoms. The molecule has 1 aromatic carbocycles. The second-order valence-electron chi connectivity index (χ2n) is 4.34. The van der Waals surface area contributed by atoms with E-state index in [4.69, 9.17) is 4.74 Å². The summed E-state index contributed by atoms with van der Waals surface area (Å²) in [5, 5.41) is 0. The summed E-state index contributed by atoms with van der Waals surface area (Å²) >= 11 is 3.36. The number of halogens is 1. The first kappa shape index (κ1) is 14.6. The number of H-pyrrole nitrogens is 1. The lowest BCUT2D eigenvalue weighted by Crippen LogP contribution is -2.27. The zero-order valence-electron chi connectivity index (χ0n) is 11.2. The van der Waals surface area contributed by atoms with E-state index in [1.54, 1.807) is 24.3 Å². The van der Waals surface area contributed by atoms with Crippen LogP contribution < -0.4 is 4.74 Å². The average molecular weight is 338 g/mol. The maximum atomic E-state index is 11.9. The number of benzene rings is 1. The Kier molecular flexibility index (Phi) is 5.17. The van der Waals surface area contributed by atoms with Crippen LogP contribution in [0.2, 0.25) is 0 Å². The Morgan fingerprint density at radius 2 is 2.15 bits per heavy atom. The third kappa shape index (κ3) is 4.38. The highest BCUT2D eigenvalue weighted by Crippen LogP contribution is 2.16. The Bertz CT molecular complexity index is 540. The molecule has 0 unspecified atom stereocenters. The van der Waals surface area contributed by atoms with E-state index in [9.17, 15) is 4.79 Å². The molecule has 1 heterocycles. The number of ether oxygens (including phenoxy) is 1. The zero-order valence-corrected chi connectivity index (χ0v) is 12.8. The summed E-state index contributed by atoms with van der Waals surface area (Å²) in [5.41, 5.74) is 0. The Balaban J connectivity index is 1.73. The monoisotopic (exact) mass is 337 g/mol. The van der Waals surface area contributed by atoms with Crippen LogP contribution in [0, 0.1) is 0 Å². The van der Waals surface area contributed by atoms with Crippen LogP contribution in [0.15, 0.2) is 41.1 Å². The van der Waals surface area contributed by atoms with Crippen molar-refractivity contribution in [3.63, 3.8) is 0 Å². The molecule has 0 aliphatic heterocycles. The van der Waals surface area contributed by atoms with Gasteiger partial charge < -0.3 is 14.6 Å². The first-order valence-corrected chi connectivity index (χ1v) is 7.05. The molecule has 0 aliphatic carbocycles. The Labute approximate surface area is 126 Å². The van der Waals surface area contributed by atoms with Crippen LogP contribution in [0.4, 0.5) is 0 Å². The molecule has 2 aromatic rings. The lowest BCUT2D eigenvalue weighted by Gasteiger charge is -2.15. The number of hydrogen-bond donors (Lipinski definition) is 1. The number of nitrogens with zero attached hydrogens (tertiary/aromatic N) is 2. The smallest absolute Gasteiger partial charge is 0.226 e. The summed E-state index contributed by atoms with van der Waals surface area (Å²) in [6.45, 7) is 0.840. The number of nitrogens with one attached hydrogen (secondary N) is 1. The molecule has 0 radical (unpaired) electrons. The minimum atomic E-state index is 0.0264. The molecule has 0 fully saturated rings. The highest BCUT2D eigenvalue weighted by atomic mass is 79.9. The van der Waals surface area contributed by atoms with Crippen molar-refractivity contribution < 1.29 is 9.53 Å². The van der Waals surface area contributed by atoms with Crippen LogP contribution in [0.5, 0.6) is 5.75 Å². The van der Waals surface area contributed by atoms with E-state index in [0.29, 0.717) is 19.6 Å². The maximum Gasteiger partial charge on any atom is 0.226 e. The topological polar surface area (TPSA) is 58.2 Å². The predicted octanol–water partition coefficient (Wildman–Crippen LogP) is 2.60. The molecule has 2 rings (SSSR count). The molecule has 20 heavy (non-hydrogen) atoms. The van der Waals surface area contributed by atoms with Gasteiger partial charge in [0.2, 0.25) is 5.91 Å². The van der Waals surface area contributed by atoms with Gasteiger partial charge in [-0.3, -0.25) is 4.79 Å². The van der Waals surface area contributed by atoms with Gasteiger partial charge in [0.15, 0.2) is 0 Å². The van der Waals surface area contributed by atoms with Crippen LogP contribution >= 0.6 is 15.9 Å². The summed E-state index contributed by atoms with van der Waals surface area (Å²) in [6, 6.07) is 7.53. The number of aromatic nitrogens is 2. The van der Waals surface area contributed by atoms with Crippen LogP contribution in [0.1, 0.15) is 12.2 Å². The van der Waals surface area contributed by atoms with E-state index >= 15 is 0 Å². The van der Waals surface area contributed by atoms with Gasteiger partial charge in [0.1, 0.15) is 11.6 Å². The molecule has 6 heteroatoms. The van der Waals surface area contributed by atoms with E-state index in [2.05, 4.69) is 25.9 Å². The maximum absolute atomic E-state index is 11.9. The van der Waals surface area contributed by atoms with Gasteiger partial charge in [-0.05, 0) is 24.3 Å². The van der Waals surface area contributed by atoms with Gasteiger partial charge in [-0.2, -0.15) is 0 Å². The van der Waals surface area contributed by atoms with E-state index < -0.39 is 0 Å². The zero-order chi connectivity index (χ0) is 14.4. The number of carbonyl (C=O) groups is 1.